The first-order valence-corrected chi connectivity index (χ1v) is 8.94. The van der Waals surface area contributed by atoms with Crippen LogP contribution in [0.4, 0.5) is 20.6 Å². The molecule has 0 bridgehead atoms. The summed E-state index contributed by atoms with van der Waals surface area (Å²) in [4.78, 5) is 34.7. The Morgan fingerprint density at radius 2 is 1.97 bits per heavy atom. The summed E-state index contributed by atoms with van der Waals surface area (Å²) < 4.78 is 20.6. The molecule has 0 spiro atoms. The van der Waals surface area contributed by atoms with Crippen LogP contribution in [0.1, 0.15) is 19.8 Å². The van der Waals surface area contributed by atoms with Gasteiger partial charge in [-0.1, -0.05) is 13.3 Å². The highest BCUT2D eigenvalue weighted by Crippen LogP contribution is 2.22. The van der Waals surface area contributed by atoms with E-state index in [-0.39, 0.29) is 23.4 Å². The molecule has 2 aromatic carbocycles. The van der Waals surface area contributed by atoms with Crippen LogP contribution in [0, 0.1) is 15.9 Å². The van der Waals surface area contributed by atoms with E-state index in [1.807, 2.05) is 6.92 Å². The largest absolute Gasteiger partial charge is 0.449 e. The second-order valence-corrected chi connectivity index (χ2v) is 6.30. The molecule has 3 rings (SSSR count). The van der Waals surface area contributed by atoms with Gasteiger partial charge in [-0.2, -0.15) is 0 Å². The van der Waals surface area contributed by atoms with Gasteiger partial charge in [0.1, 0.15) is 5.82 Å². The van der Waals surface area contributed by atoms with Gasteiger partial charge in [0.15, 0.2) is 0 Å². The van der Waals surface area contributed by atoms with E-state index in [2.05, 4.69) is 5.32 Å². The van der Waals surface area contributed by atoms with Gasteiger partial charge in [0, 0.05) is 24.0 Å². The molecule has 1 amide bonds. The van der Waals surface area contributed by atoms with Crippen LogP contribution < -0.4 is 10.9 Å². The molecular formula is C20H18FN3O5. The summed E-state index contributed by atoms with van der Waals surface area (Å²) in [7, 11) is 0. The number of carbonyl (C=O) groups excluding carboxylic acids is 1. The van der Waals surface area contributed by atoms with Crippen LogP contribution in [0.3, 0.4) is 0 Å². The highest BCUT2D eigenvalue weighted by molar-refractivity contribution is 5.91. The molecule has 0 unspecified atom stereocenters. The lowest BCUT2D eigenvalue weighted by molar-refractivity contribution is -0.384. The number of amides is 1. The second-order valence-electron chi connectivity index (χ2n) is 6.30. The zero-order valence-electron chi connectivity index (χ0n) is 15.6. The second kappa shape index (κ2) is 8.51. The molecule has 0 fully saturated rings. The van der Waals surface area contributed by atoms with Gasteiger partial charge in [-0.25, -0.2) is 9.18 Å². The summed E-state index contributed by atoms with van der Waals surface area (Å²) in [5.74, 6) is -0.775. The van der Waals surface area contributed by atoms with Gasteiger partial charge in [0.2, 0.25) is 0 Å². The number of halogens is 1. The van der Waals surface area contributed by atoms with Crippen LogP contribution >= 0.6 is 0 Å². The van der Waals surface area contributed by atoms with Crippen LogP contribution in [0.2, 0.25) is 0 Å². The van der Waals surface area contributed by atoms with Crippen molar-refractivity contribution in [3.05, 3.63) is 74.9 Å². The van der Waals surface area contributed by atoms with Crippen molar-refractivity contribution < 1.29 is 18.8 Å². The third kappa shape index (κ3) is 4.40. The van der Waals surface area contributed by atoms with Gasteiger partial charge in [-0.05, 0) is 42.1 Å². The van der Waals surface area contributed by atoms with E-state index in [4.69, 9.17) is 4.74 Å². The molecule has 0 saturated heterocycles. The van der Waals surface area contributed by atoms with Gasteiger partial charge in [-0.15, -0.1) is 0 Å². The number of unbranched alkanes of at least 4 members (excludes halogenated alkanes) is 1. The predicted molar refractivity (Wildman–Crippen MR) is 106 cm³/mol. The highest BCUT2D eigenvalue weighted by Gasteiger charge is 2.13. The number of nitrogens with one attached hydrogen (secondary N) is 1. The number of ether oxygens (including phenoxy) is 1. The lowest BCUT2D eigenvalue weighted by atomic mass is 10.1. The first-order chi connectivity index (χ1) is 13.9. The Labute approximate surface area is 164 Å². The Balaban J connectivity index is 1.92. The summed E-state index contributed by atoms with van der Waals surface area (Å²) in [5, 5.41) is 13.6. The first kappa shape index (κ1) is 20.0. The fourth-order valence-electron chi connectivity index (χ4n) is 2.75. The predicted octanol–water partition coefficient (Wildman–Crippen LogP) is 4.39. The zero-order valence-corrected chi connectivity index (χ0v) is 15.6. The standard InChI is InChI=1S/C20H18FN3O5/c1-2-3-10-29-20(26)22-18-11-13-8-9-23(19(25)16(13)12-17(18)21)14-4-6-15(7-5-14)24(27)28/h4-9,11-12H,2-3,10H2,1H3,(H,22,26). The Morgan fingerprint density at radius 1 is 1.24 bits per heavy atom. The summed E-state index contributed by atoms with van der Waals surface area (Å²) in [6.07, 6.45) is 2.28. The third-order valence-corrected chi connectivity index (χ3v) is 4.30. The van der Waals surface area contributed by atoms with Gasteiger partial charge in [0.05, 0.1) is 22.6 Å². The number of pyridine rings is 1. The van der Waals surface area contributed by atoms with E-state index in [0.717, 1.165) is 12.5 Å². The number of carbonyl (C=O) groups is 1. The Bertz CT molecular complexity index is 1130. The molecule has 8 nitrogen and oxygen atoms in total. The molecule has 0 atom stereocenters. The lowest BCUT2D eigenvalue weighted by Crippen LogP contribution is -2.19. The van der Waals surface area contributed by atoms with Crippen molar-refractivity contribution in [3.8, 4) is 5.69 Å². The molecule has 1 aromatic heterocycles. The number of hydrogen-bond acceptors (Lipinski definition) is 5. The molecule has 1 heterocycles. The number of nitro benzene ring substituents is 1. The van der Waals surface area contributed by atoms with Gasteiger partial charge >= 0.3 is 6.09 Å². The van der Waals surface area contributed by atoms with Crippen LogP contribution in [-0.2, 0) is 4.74 Å². The number of hydrogen-bond donors (Lipinski definition) is 1. The average Bonchev–Trinajstić information content (AvgIpc) is 2.70. The number of non-ortho nitro benzene ring substituents is 1. The monoisotopic (exact) mass is 399 g/mol. The van der Waals surface area contributed by atoms with E-state index in [9.17, 15) is 24.1 Å². The molecule has 0 aliphatic rings. The fourth-order valence-corrected chi connectivity index (χ4v) is 2.75. The molecule has 0 saturated carbocycles. The van der Waals surface area contributed by atoms with Crippen LogP contribution in [0.25, 0.3) is 16.5 Å². The van der Waals surface area contributed by atoms with Crippen molar-refractivity contribution in [2.24, 2.45) is 0 Å². The van der Waals surface area contributed by atoms with Crippen molar-refractivity contribution in [3.63, 3.8) is 0 Å². The molecule has 0 aliphatic carbocycles. The van der Waals surface area contributed by atoms with Gasteiger partial charge in [-0.3, -0.25) is 24.8 Å². The van der Waals surface area contributed by atoms with Crippen molar-refractivity contribution in [1.82, 2.24) is 4.57 Å². The number of rotatable bonds is 6. The number of benzene rings is 2. The van der Waals surface area contributed by atoms with E-state index < -0.39 is 22.4 Å². The summed E-state index contributed by atoms with van der Waals surface area (Å²) in [6, 6.07) is 9.42. The molecule has 9 heteroatoms. The van der Waals surface area contributed by atoms with E-state index in [0.29, 0.717) is 17.5 Å². The van der Waals surface area contributed by atoms with Crippen LogP contribution in [-0.4, -0.2) is 22.2 Å². The SMILES string of the molecule is CCCCOC(=O)Nc1cc2ccn(-c3ccc([N+](=O)[O-])cc3)c(=O)c2cc1F. The van der Waals surface area contributed by atoms with Crippen molar-refractivity contribution in [2.45, 2.75) is 19.8 Å². The maximum Gasteiger partial charge on any atom is 0.411 e. The average molecular weight is 399 g/mol. The molecule has 3 aromatic rings. The van der Waals surface area contributed by atoms with Gasteiger partial charge in [0.25, 0.3) is 11.2 Å². The minimum atomic E-state index is -0.775. The van der Waals surface area contributed by atoms with E-state index in [1.54, 1.807) is 6.07 Å². The van der Waals surface area contributed by atoms with Crippen molar-refractivity contribution in [2.75, 3.05) is 11.9 Å². The van der Waals surface area contributed by atoms with E-state index in [1.165, 1.54) is 41.1 Å². The molecular weight excluding hydrogens is 381 g/mol. The Morgan fingerprint density at radius 3 is 2.62 bits per heavy atom. The number of anilines is 1. The van der Waals surface area contributed by atoms with Crippen molar-refractivity contribution >= 4 is 28.2 Å². The smallest absolute Gasteiger partial charge is 0.411 e. The Kier molecular flexibility index (Phi) is 5.87. The number of fused-ring (bicyclic) bond motifs is 1. The quantitative estimate of drug-likeness (QED) is 0.376. The molecule has 0 radical (unpaired) electrons. The maximum absolute atomic E-state index is 14.4. The Hall–Kier alpha value is -3.75. The number of aromatic nitrogens is 1. The zero-order chi connectivity index (χ0) is 21.0. The maximum atomic E-state index is 14.4. The van der Waals surface area contributed by atoms with Crippen LogP contribution in [0.15, 0.2) is 53.5 Å². The summed E-state index contributed by atoms with van der Waals surface area (Å²) >= 11 is 0. The third-order valence-electron chi connectivity index (χ3n) is 4.30. The molecule has 0 aliphatic heterocycles. The summed E-state index contributed by atoms with van der Waals surface area (Å²) in [5.41, 5.74) is -0.279. The summed E-state index contributed by atoms with van der Waals surface area (Å²) in [6.45, 7) is 2.19. The van der Waals surface area contributed by atoms with Crippen molar-refractivity contribution in [1.29, 1.82) is 0 Å². The number of nitro groups is 1. The fraction of sp³-hybridized carbons (Fsp3) is 0.200. The molecule has 29 heavy (non-hydrogen) atoms. The number of nitrogens with zero attached hydrogens (tertiary/aromatic N) is 2. The molecule has 1 N–H and O–H groups in total. The normalized spacial score (nSPS) is 10.7. The lowest BCUT2D eigenvalue weighted by Gasteiger charge is -2.10. The van der Waals surface area contributed by atoms with Crippen LogP contribution in [0.5, 0.6) is 0 Å². The highest BCUT2D eigenvalue weighted by atomic mass is 19.1. The first-order valence-electron chi connectivity index (χ1n) is 8.94. The van der Waals surface area contributed by atoms with E-state index >= 15 is 0 Å². The minimum Gasteiger partial charge on any atom is -0.449 e. The molecule has 150 valence electrons. The van der Waals surface area contributed by atoms with Gasteiger partial charge < -0.3 is 4.74 Å². The topological polar surface area (TPSA) is 103 Å². The minimum absolute atomic E-state index is 0.0912.